The number of ether oxygens (including phenoxy) is 1. The van der Waals surface area contributed by atoms with Crippen molar-refractivity contribution in [3.8, 4) is 17.6 Å². The Labute approximate surface area is 186 Å². The Morgan fingerprint density at radius 1 is 1.12 bits per heavy atom. The van der Waals surface area contributed by atoms with Crippen LogP contribution in [0.4, 0.5) is 5.82 Å². The highest BCUT2D eigenvalue weighted by Crippen LogP contribution is 2.26. The van der Waals surface area contributed by atoms with Gasteiger partial charge in [0.05, 0.1) is 25.2 Å². The first-order valence-electron chi connectivity index (χ1n) is 10.2. The van der Waals surface area contributed by atoms with E-state index in [2.05, 4.69) is 35.5 Å². The number of methoxy groups -OCH3 is 1. The molecule has 0 bridgehead atoms. The Morgan fingerprint density at radius 3 is 2.56 bits per heavy atom. The third kappa shape index (κ3) is 4.03. The van der Waals surface area contributed by atoms with Crippen molar-refractivity contribution >= 4 is 22.6 Å². The third-order valence-corrected chi connectivity index (χ3v) is 5.33. The third-order valence-electron chi connectivity index (χ3n) is 5.33. The number of carbonyl (C=O) groups excluding carboxylic acids is 1. The predicted molar refractivity (Wildman–Crippen MR) is 123 cm³/mol. The van der Waals surface area contributed by atoms with E-state index in [1.165, 1.54) is 16.4 Å². The summed E-state index contributed by atoms with van der Waals surface area (Å²) in [7, 11) is 1.59. The molecular formula is C25H23N5O2. The predicted octanol–water partition coefficient (Wildman–Crippen LogP) is 4.41. The summed E-state index contributed by atoms with van der Waals surface area (Å²) in [5.41, 5.74) is 5.25. The van der Waals surface area contributed by atoms with Crippen LogP contribution in [0.3, 0.4) is 0 Å². The van der Waals surface area contributed by atoms with E-state index in [0.29, 0.717) is 11.6 Å². The molecule has 0 unspecified atom stereocenters. The van der Waals surface area contributed by atoms with E-state index in [-0.39, 0.29) is 17.9 Å². The molecule has 0 saturated carbocycles. The number of aryl methyl sites for hydroxylation is 3. The number of hydrogen-bond acceptors (Lipinski definition) is 5. The largest absolute Gasteiger partial charge is 0.497 e. The van der Waals surface area contributed by atoms with Crippen LogP contribution in [-0.2, 0) is 11.2 Å². The number of nitrogens with one attached hydrogen (secondary N) is 1. The first-order valence-corrected chi connectivity index (χ1v) is 10.2. The number of carbonyl (C=O) groups is 1. The molecule has 0 aliphatic rings. The van der Waals surface area contributed by atoms with Crippen LogP contribution in [0.2, 0.25) is 0 Å². The van der Waals surface area contributed by atoms with Gasteiger partial charge in [-0.1, -0.05) is 23.8 Å². The van der Waals surface area contributed by atoms with Crippen LogP contribution in [0.5, 0.6) is 5.75 Å². The molecule has 0 radical (unpaired) electrons. The van der Waals surface area contributed by atoms with Gasteiger partial charge in [0, 0.05) is 5.39 Å². The lowest BCUT2D eigenvalue weighted by Crippen LogP contribution is -2.18. The van der Waals surface area contributed by atoms with Crippen LogP contribution < -0.4 is 10.1 Å². The molecule has 0 aliphatic heterocycles. The van der Waals surface area contributed by atoms with Crippen LogP contribution in [-0.4, -0.2) is 27.8 Å². The van der Waals surface area contributed by atoms with Gasteiger partial charge in [0.1, 0.15) is 17.4 Å². The molecule has 4 aromatic rings. The topological polar surface area (TPSA) is 92.8 Å². The molecule has 1 N–H and O–H groups in total. The maximum absolute atomic E-state index is 12.7. The van der Waals surface area contributed by atoms with Crippen LogP contribution >= 0.6 is 0 Å². The maximum Gasteiger partial charge on any atom is 0.229 e. The van der Waals surface area contributed by atoms with Gasteiger partial charge in [-0.05, 0) is 61.7 Å². The van der Waals surface area contributed by atoms with Gasteiger partial charge in [-0.25, -0.2) is 4.98 Å². The van der Waals surface area contributed by atoms with E-state index in [0.717, 1.165) is 33.3 Å². The molecule has 4 rings (SSSR count). The molecule has 1 amide bonds. The van der Waals surface area contributed by atoms with Gasteiger partial charge in [0.15, 0.2) is 11.6 Å². The fraction of sp³-hybridized carbons (Fsp3) is 0.200. The first kappa shape index (κ1) is 21.1. The number of hydrogen-bond donors (Lipinski definition) is 1. The molecule has 160 valence electrons. The standard InChI is InChI=1S/C25H23N5O2/c1-15-9-17(3)24-21(10-15)16(2)11-22(28-24)30-25(19(13-26)14-27-30)29-23(31)12-18-5-7-20(32-4)8-6-18/h5-11,14H,12H2,1-4H3,(H,29,31). The van der Waals surface area contributed by atoms with Crippen LogP contribution in [0.1, 0.15) is 27.8 Å². The second-order valence-corrected chi connectivity index (χ2v) is 7.78. The van der Waals surface area contributed by atoms with Gasteiger partial charge < -0.3 is 10.1 Å². The minimum Gasteiger partial charge on any atom is -0.497 e. The van der Waals surface area contributed by atoms with Crippen molar-refractivity contribution in [1.82, 2.24) is 14.8 Å². The van der Waals surface area contributed by atoms with Crippen molar-refractivity contribution < 1.29 is 9.53 Å². The summed E-state index contributed by atoms with van der Waals surface area (Å²) in [6, 6.07) is 15.5. The van der Waals surface area contributed by atoms with Gasteiger partial charge in [-0.2, -0.15) is 15.0 Å². The zero-order valence-corrected chi connectivity index (χ0v) is 18.4. The zero-order valence-electron chi connectivity index (χ0n) is 18.4. The average Bonchev–Trinajstić information content (AvgIpc) is 3.17. The number of rotatable bonds is 5. The minimum atomic E-state index is -0.252. The highest BCUT2D eigenvalue weighted by atomic mass is 16.5. The normalized spacial score (nSPS) is 10.7. The molecule has 0 saturated heterocycles. The lowest BCUT2D eigenvalue weighted by atomic mass is 10.0. The summed E-state index contributed by atoms with van der Waals surface area (Å²) < 4.78 is 6.66. The Hall–Kier alpha value is -4.18. The highest BCUT2D eigenvalue weighted by molar-refractivity contribution is 5.93. The second kappa shape index (κ2) is 8.52. The van der Waals surface area contributed by atoms with Crippen molar-refractivity contribution in [2.45, 2.75) is 27.2 Å². The monoisotopic (exact) mass is 425 g/mol. The number of benzene rings is 2. The number of amides is 1. The summed E-state index contributed by atoms with van der Waals surface area (Å²) in [4.78, 5) is 17.5. The van der Waals surface area contributed by atoms with E-state index >= 15 is 0 Å². The molecule has 0 spiro atoms. The lowest BCUT2D eigenvalue weighted by molar-refractivity contribution is -0.115. The molecule has 32 heavy (non-hydrogen) atoms. The Morgan fingerprint density at radius 2 is 1.88 bits per heavy atom. The van der Waals surface area contributed by atoms with Crippen LogP contribution in [0.15, 0.2) is 48.7 Å². The molecule has 2 heterocycles. The van der Waals surface area contributed by atoms with Crippen LogP contribution in [0.25, 0.3) is 16.7 Å². The smallest absolute Gasteiger partial charge is 0.229 e. The summed E-state index contributed by atoms with van der Waals surface area (Å²) in [6.45, 7) is 6.10. The van der Waals surface area contributed by atoms with Gasteiger partial charge in [0.2, 0.25) is 5.91 Å². The Kier molecular flexibility index (Phi) is 5.61. The summed E-state index contributed by atoms with van der Waals surface area (Å²) in [5.74, 6) is 1.32. The molecule has 7 heteroatoms. The molecule has 7 nitrogen and oxygen atoms in total. The summed E-state index contributed by atoms with van der Waals surface area (Å²) >= 11 is 0. The number of anilines is 1. The minimum absolute atomic E-state index is 0.155. The Bertz CT molecular complexity index is 1360. The average molecular weight is 425 g/mol. The summed E-state index contributed by atoms with van der Waals surface area (Å²) in [5, 5.41) is 17.8. The number of fused-ring (bicyclic) bond motifs is 1. The van der Waals surface area contributed by atoms with Crippen molar-refractivity contribution in [2.24, 2.45) is 0 Å². The Balaban J connectivity index is 1.69. The highest BCUT2D eigenvalue weighted by Gasteiger charge is 2.18. The lowest BCUT2D eigenvalue weighted by Gasteiger charge is -2.13. The molecule has 2 aromatic heterocycles. The second-order valence-electron chi connectivity index (χ2n) is 7.78. The van der Waals surface area contributed by atoms with Gasteiger partial charge in [-0.3, -0.25) is 4.79 Å². The van der Waals surface area contributed by atoms with Crippen LogP contribution in [0, 0.1) is 32.1 Å². The zero-order chi connectivity index (χ0) is 22.8. The van der Waals surface area contributed by atoms with Crippen molar-refractivity contribution in [2.75, 3.05) is 12.4 Å². The fourth-order valence-electron chi connectivity index (χ4n) is 3.76. The SMILES string of the molecule is COc1ccc(CC(=O)Nc2c(C#N)cnn2-c2cc(C)c3cc(C)cc(C)c3n2)cc1. The number of aromatic nitrogens is 3. The number of pyridine rings is 1. The van der Waals surface area contributed by atoms with Gasteiger partial charge >= 0.3 is 0 Å². The molecule has 2 aromatic carbocycles. The van der Waals surface area contributed by atoms with E-state index in [4.69, 9.17) is 9.72 Å². The molecule has 0 atom stereocenters. The molecular weight excluding hydrogens is 402 g/mol. The van der Waals surface area contributed by atoms with E-state index in [9.17, 15) is 10.1 Å². The fourth-order valence-corrected chi connectivity index (χ4v) is 3.76. The van der Waals surface area contributed by atoms with Crippen molar-refractivity contribution in [3.63, 3.8) is 0 Å². The van der Waals surface area contributed by atoms with E-state index in [1.54, 1.807) is 19.2 Å². The van der Waals surface area contributed by atoms with Gasteiger partial charge in [0.25, 0.3) is 0 Å². The van der Waals surface area contributed by atoms with Gasteiger partial charge in [-0.15, -0.1) is 0 Å². The summed E-state index contributed by atoms with van der Waals surface area (Å²) in [6.07, 6.45) is 1.59. The van der Waals surface area contributed by atoms with Crippen molar-refractivity contribution in [1.29, 1.82) is 5.26 Å². The first-order chi connectivity index (χ1) is 15.4. The van der Waals surface area contributed by atoms with E-state index < -0.39 is 0 Å². The molecule has 0 fully saturated rings. The number of nitriles is 1. The maximum atomic E-state index is 12.7. The van der Waals surface area contributed by atoms with E-state index in [1.807, 2.05) is 32.0 Å². The van der Waals surface area contributed by atoms with Crippen molar-refractivity contribution in [3.05, 3.63) is 76.5 Å². The quantitative estimate of drug-likeness (QED) is 0.511. The number of nitrogens with zero attached hydrogens (tertiary/aromatic N) is 4. The molecule has 0 aliphatic carbocycles.